The van der Waals surface area contributed by atoms with Crippen LogP contribution in [0.4, 0.5) is 0 Å². The summed E-state index contributed by atoms with van der Waals surface area (Å²) in [5.41, 5.74) is 2.74. The molecule has 1 aliphatic rings. The first-order valence-electron chi connectivity index (χ1n) is 9.64. The Morgan fingerprint density at radius 1 is 0.964 bits per heavy atom. The maximum absolute atomic E-state index is 6.54. The molecule has 0 fully saturated rings. The van der Waals surface area contributed by atoms with Gasteiger partial charge in [0.15, 0.2) is 0 Å². The second kappa shape index (κ2) is 6.77. The third-order valence-electron chi connectivity index (χ3n) is 5.53. The smallest absolute Gasteiger partial charge is 0.148 e. The molecule has 1 heterocycles. The predicted octanol–water partition coefficient (Wildman–Crippen LogP) is 5.65. The van der Waals surface area contributed by atoms with Gasteiger partial charge in [0.2, 0.25) is 0 Å². The van der Waals surface area contributed by atoms with E-state index in [-0.39, 0.29) is 0 Å². The summed E-state index contributed by atoms with van der Waals surface area (Å²) >= 11 is 0. The zero-order valence-corrected chi connectivity index (χ0v) is 15.9. The Morgan fingerprint density at radius 2 is 1.79 bits per heavy atom. The highest BCUT2D eigenvalue weighted by Crippen LogP contribution is 2.37. The second-order valence-electron chi connectivity index (χ2n) is 7.30. The number of fused-ring (bicyclic) bond motifs is 3. The van der Waals surface area contributed by atoms with Crippen LogP contribution >= 0.6 is 0 Å². The average molecular weight is 366 g/mol. The van der Waals surface area contributed by atoms with Gasteiger partial charge in [-0.15, -0.1) is 0 Å². The molecule has 0 saturated carbocycles. The normalized spacial score (nSPS) is 18.9. The van der Waals surface area contributed by atoms with E-state index in [1.54, 1.807) is 0 Å². The van der Waals surface area contributed by atoms with Crippen LogP contribution in [-0.2, 0) is 24.0 Å². The van der Waals surface area contributed by atoms with Crippen molar-refractivity contribution in [3.63, 3.8) is 0 Å². The van der Waals surface area contributed by atoms with E-state index in [1.807, 2.05) is 18.2 Å². The van der Waals surface area contributed by atoms with Crippen molar-refractivity contribution in [2.45, 2.75) is 18.6 Å². The Balaban J connectivity index is 1.63. The molecule has 0 N–H and O–H groups in total. The van der Waals surface area contributed by atoms with Gasteiger partial charge < -0.3 is 9.30 Å². The van der Waals surface area contributed by atoms with Gasteiger partial charge in [0.25, 0.3) is 0 Å². The largest absolute Gasteiger partial charge is 0.358 e. The van der Waals surface area contributed by atoms with Gasteiger partial charge in [-0.3, -0.25) is 0 Å². The van der Waals surface area contributed by atoms with Crippen molar-refractivity contribution < 1.29 is 4.74 Å². The molecular formula is C25H22N2O. The quantitative estimate of drug-likeness (QED) is 0.466. The molecule has 0 radical (unpaired) electrons. The third-order valence-corrected chi connectivity index (χ3v) is 5.53. The molecule has 0 saturated heterocycles. The molecule has 3 nitrogen and oxygen atoms in total. The number of rotatable bonds is 4. The lowest BCUT2D eigenvalue weighted by Crippen LogP contribution is -2.31. The maximum atomic E-state index is 6.54. The standard InChI is InChI=1S/C25H22N2O/c1-27-22-15-14-20-12-6-7-13-21(20)23(22)26-24(27)25(16-8-3-9-17-25)28-18-19-10-4-2-5-11-19/h2-16H,17-18H2,1H3. The SMILES string of the molecule is Cn1c(C2(OCc3ccccc3)C=CC=CC2)nc2c3ccccc3ccc21. The second-order valence-corrected chi connectivity index (χ2v) is 7.30. The molecule has 0 amide bonds. The molecule has 3 aromatic carbocycles. The van der Waals surface area contributed by atoms with E-state index < -0.39 is 5.60 Å². The van der Waals surface area contributed by atoms with Gasteiger partial charge in [-0.2, -0.15) is 0 Å². The molecule has 3 heteroatoms. The topological polar surface area (TPSA) is 27.1 Å². The predicted molar refractivity (Wildman–Crippen MR) is 114 cm³/mol. The van der Waals surface area contributed by atoms with E-state index in [9.17, 15) is 0 Å². The number of aromatic nitrogens is 2. The van der Waals surface area contributed by atoms with E-state index in [0.717, 1.165) is 28.8 Å². The molecule has 0 aliphatic heterocycles. The van der Waals surface area contributed by atoms with E-state index in [4.69, 9.17) is 9.72 Å². The fourth-order valence-corrected chi connectivity index (χ4v) is 4.03. The minimum Gasteiger partial charge on any atom is -0.358 e. The van der Waals surface area contributed by atoms with E-state index in [2.05, 4.69) is 84.4 Å². The van der Waals surface area contributed by atoms with Gasteiger partial charge in [0.1, 0.15) is 11.4 Å². The third kappa shape index (κ3) is 2.76. The molecule has 1 unspecified atom stereocenters. The first-order chi connectivity index (χ1) is 13.8. The summed E-state index contributed by atoms with van der Waals surface area (Å²) in [5.74, 6) is 0.940. The summed E-state index contributed by atoms with van der Waals surface area (Å²) < 4.78 is 8.72. The van der Waals surface area contributed by atoms with Crippen molar-refractivity contribution in [1.82, 2.24) is 9.55 Å². The number of allylic oxidation sites excluding steroid dienone is 2. The van der Waals surface area contributed by atoms with E-state index in [1.165, 1.54) is 10.8 Å². The Bertz CT molecular complexity index is 1200. The first-order valence-corrected chi connectivity index (χ1v) is 9.64. The van der Waals surface area contributed by atoms with E-state index >= 15 is 0 Å². The molecule has 4 aromatic rings. The summed E-state index contributed by atoms with van der Waals surface area (Å²) in [6.45, 7) is 0.545. The maximum Gasteiger partial charge on any atom is 0.148 e. The Hall–Kier alpha value is -3.17. The first kappa shape index (κ1) is 17.0. The highest BCUT2D eigenvalue weighted by atomic mass is 16.5. The fraction of sp³-hybridized carbons (Fsp3) is 0.160. The van der Waals surface area contributed by atoms with Gasteiger partial charge in [-0.05, 0) is 23.1 Å². The zero-order valence-electron chi connectivity index (χ0n) is 15.9. The lowest BCUT2D eigenvalue weighted by atomic mass is 9.93. The number of hydrogen-bond donors (Lipinski definition) is 0. The fourth-order valence-electron chi connectivity index (χ4n) is 4.03. The number of imidazole rings is 1. The monoisotopic (exact) mass is 366 g/mol. The van der Waals surface area contributed by atoms with Crippen LogP contribution in [0.1, 0.15) is 17.8 Å². The highest BCUT2D eigenvalue weighted by Gasteiger charge is 2.35. The molecule has 28 heavy (non-hydrogen) atoms. The zero-order chi connectivity index (χ0) is 19.0. The van der Waals surface area contributed by atoms with Crippen LogP contribution in [0, 0.1) is 0 Å². The van der Waals surface area contributed by atoms with Crippen LogP contribution < -0.4 is 0 Å². The number of hydrogen-bond acceptors (Lipinski definition) is 2. The van der Waals surface area contributed by atoms with Crippen LogP contribution in [0.25, 0.3) is 21.8 Å². The van der Waals surface area contributed by atoms with Crippen molar-refractivity contribution >= 4 is 21.8 Å². The number of ether oxygens (including phenoxy) is 1. The van der Waals surface area contributed by atoms with Crippen LogP contribution in [-0.4, -0.2) is 9.55 Å². The van der Waals surface area contributed by atoms with Gasteiger partial charge >= 0.3 is 0 Å². The molecule has 0 bridgehead atoms. The lowest BCUT2D eigenvalue weighted by molar-refractivity contribution is -0.0310. The van der Waals surface area contributed by atoms with Gasteiger partial charge in [-0.25, -0.2) is 4.98 Å². The van der Waals surface area contributed by atoms with Crippen molar-refractivity contribution in [2.24, 2.45) is 7.05 Å². The lowest BCUT2D eigenvalue weighted by Gasteiger charge is -2.31. The van der Waals surface area contributed by atoms with Crippen molar-refractivity contribution in [1.29, 1.82) is 0 Å². The minimum absolute atomic E-state index is 0.545. The molecule has 138 valence electrons. The highest BCUT2D eigenvalue weighted by molar-refractivity contribution is 6.04. The summed E-state index contributed by atoms with van der Waals surface area (Å²) in [4.78, 5) is 5.10. The molecule has 0 spiro atoms. The van der Waals surface area contributed by atoms with Crippen molar-refractivity contribution in [3.8, 4) is 0 Å². The molecule has 1 aliphatic carbocycles. The van der Waals surface area contributed by atoms with Crippen molar-refractivity contribution in [2.75, 3.05) is 0 Å². The van der Waals surface area contributed by atoms with Gasteiger partial charge in [-0.1, -0.05) is 78.9 Å². The summed E-state index contributed by atoms with van der Waals surface area (Å²) in [6.07, 6.45) is 9.20. The van der Waals surface area contributed by atoms with E-state index in [0.29, 0.717) is 6.61 Å². The molecule has 1 atom stereocenters. The number of nitrogens with zero attached hydrogens (tertiary/aromatic N) is 2. The minimum atomic E-state index is -0.570. The molecular weight excluding hydrogens is 344 g/mol. The Labute approximate surface area is 164 Å². The van der Waals surface area contributed by atoms with Gasteiger partial charge in [0, 0.05) is 18.9 Å². The van der Waals surface area contributed by atoms with Crippen molar-refractivity contribution in [3.05, 3.63) is 102 Å². The Kier molecular flexibility index (Phi) is 4.10. The number of benzene rings is 3. The van der Waals surface area contributed by atoms with Gasteiger partial charge in [0.05, 0.1) is 17.6 Å². The summed E-state index contributed by atoms with van der Waals surface area (Å²) in [6, 6.07) is 23.0. The van der Waals surface area contributed by atoms with Crippen LogP contribution in [0.5, 0.6) is 0 Å². The summed E-state index contributed by atoms with van der Waals surface area (Å²) in [5, 5.41) is 2.38. The Morgan fingerprint density at radius 3 is 2.61 bits per heavy atom. The molecule has 1 aromatic heterocycles. The van der Waals surface area contributed by atoms with Crippen LogP contribution in [0.2, 0.25) is 0 Å². The van der Waals surface area contributed by atoms with Crippen LogP contribution in [0.3, 0.4) is 0 Å². The summed E-state index contributed by atoms with van der Waals surface area (Å²) in [7, 11) is 2.08. The number of aryl methyl sites for hydroxylation is 1. The molecule has 5 rings (SSSR count). The van der Waals surface area contributed by atoms with Crippen LogP contribution in [0.15, 0.2) is 91.0 Å². The average Bonchev–Trinajstić information content (AvgIpc) is 3.11.